The number of nitrogens with zero attached hydrogens (tertiary/aromatic N) is 3. The molecule has 0 radical (unpaired) electrons. The minimum atomic E-state index is -0.234. The number of rotatable bonds is 5. The fraction of sp³-hybridized carbons (Fsp3) is 0.500. The molecule has 1 aromatic heterocycles. The van der Waals surface area contributed by atoms with Gasteiger partial charge in [0, 0.05) is 24.7 Å². The summed E-state index contributed by atoms with van der Waals surface area (Å²) in [4.78, 5) is 17.9. The molecule has 0 saturated carbocycles. The summed E-state index contributed by atoms with van der Waals surface area (Å²) in [5.41, 5.74) is 0.792. The van der Waals surface area contributed by atoms with Gasteiger partial charge in [0.2, 0.25) is 6.79 Å². The fourth-order valence-corrected chi connectivity index (χ4v) is 3.19. The fourth-order valence-electron chi connectivity index (χ4n) is 3.19. The van der Waals surface area contributed by atoms with Crippen molar-refractivity contribution in [2.75, 3.05) is 26.5 Å². The number of hydrogen-bond acceptors (Lipinski definition) is 8. The zero-order chi connectivity index (χ0) is 18.6. The molecular weight excluding hydrogens is 352 g/mol. The van der Waals surface area contributed by atoms with Gasteiger partial charge < -0.3 is 29.0 Å². The molecular formula is C18H22N4O5. The molecule has 1 aromatic carbocycles. The molecule has 1 N–H and O–H groups in total. The Kier molecular flexibility index (Phi) is 5.10. The van der Waals surface area contributed by atoms with Crippen LogP contribution in [-0.2, 0) is 11.3 Å². The minimum absolute atomic E-state index is 0.229. The maximum absolute atomic E-state index is 11.7. The number of aromatic nitrogens is 2. The number of nitrogens with one attached hydrogen (secondary N) is 1. The molecule has 1 fully saturated rings. The van der Waals surface area contributed by atoms with Crippen molar-refractivity contribution in [2.45, 2.75) is 32.4 Å². The number of amides is 1. The van der Waals surface area contributed by atoms with Gasteiger partial charge in [0.15, 0.2) is 17.3 Å². The number of ether oxygens (including phenoxy) is 3. The summed E-state index contributed by atoms with van der Waals surface area (Å²) in [6.45, 7) is 4.33. The van der Waals surface area contributed by atoms with Crippen LogP contribution in [0.25, 0.3) is 11.5 Å². The van der Waals surface area contributed by atoms with Crippen molar-refractivity contribution in [1.29, 1.82) is 0 Å². The third-order valence-corrected chi connectivity index (χ3v) is 4.66. The van der Waals surface area contributed by atoms with Crippen LogP contribution in [0.4, 0.5) is 4.79 Å². The molecule has 2 aliphatic rings. The van der Waals surface area contributed by atoms with E-state index in [9.17, 15) is 4.79 Å². The van der Waals surface area contributed by atoms with E-state index in [4.69, 9.17) is 18.7 Å². The maximum atomic E-state index is 11.7. The maximum Gasteiger partial charge on any atom is 0.409 e. The standard InChI is InChI=1S/C18H22N4O5/c1-2-24-18(23)22-7-5-13(6-8-22)19-10-16-20-17(27-21-16)12-3-4-14-15(9-12)26-11-25-14/h3-4,9,13,19H,2,5-8,10-11H2,1H3. The second kappa shape index (κ2) is 7.83. The van der Waals surface area contributed by atoms with Crippen LogP contribution in [0.1, 0.15) is 25.6 Å². The molecule has 0 spiro atoms. The van der Waals surface area contributed by atoms with Crippen LogP contribution in [0.15, 0.2) is 22.7 Å². The summed E-state index contributed by atoms with van der Waals surface area (Å²) in [5.74, 6) is 2.44. The van der Waals surface area contributed by atoms with Crippen LogP contribution in [0.3, 0.4) is 0 Å². The molecule has 27 heavy (non-hydrogen) atoms. The first kappa shape index (κ1) is 17.6. The van der Waals surface area contributed by atoms with E-state index in [1.165, 1.54) is 0 Å². The van der Waals surface area contributed by atoms with E-state index in [-0.39, 0.29) is 12.9 Å². The molecule has 0 aliphatic carbocycles. The first-order valence-electron chi connectivity index (χ1n) is 9.10. The second-order valence-electron chi connectivity index (χ2n) is 6.42. The Morgan fingerprint density at radius 3 is 2.93 bits per heavy atom. The minimum Gasteiger partial charge on any atom is -0.454 e. The number of likely N-dealkylation sites (tertiary alicyclic amines) is 1. The molecule has 1 amide bonds. The topological polar surface area (TPSA) is 99.0 Å². The summed E-state index contributed by atoms with van der Waals surface area (Å²) >= 11 is 0. The van der Waals surface area contributed by atoms with Crippen molar-refractivity contribution in [1.82, 2.24) is 20.4 Å². The van der Waals surface area contributed by atoms with Gasteiger partial charge in [0.25, 0.3) is 5.89 Å². The molecule has 3 heterocycles. The number of carbonyl (C=O) groups excluding carboxylic acids is 1. The quantitative estimate of drug-likeness (QED) is 0.850. The van der Waals surface area contributed by atoms with Gasteiger partial charge in [-0.1, -0.05) is 5.16 Å². The number of fused-ring (bicyclic) bond motifs is 1. The van der Waals surface area contributed by atoms with Crippen molar-refractivity contribution in [3.8, 4) is 23.0 Å². The average molecular weight is 374 g/mol. The first-order valence-corrected chi connectivity index (χ1v) is 9.10. The van der Waals surface area contributed by atoms with Crippen LogP contribution in [0.2, 0.25) is 0 Å². The Balaban J connectivity index is 1.29. The summed E-state index contributed by atoms with van der Waals surface area (Å²) in [7, 11) is 0. The highest BCUT2D eigenvalue weighted by Crippen LogP contribution is 2.35. The van der Waals surface area contributed by atoms with Crippen LogP contribution in [-0.4, -0.2) is 53.7 Å². The lowest BCUT2D eigenvalue weighted by atomic mass is 10.1. The summed E-state index contributed by atoms with van der Waals surface area (Å²) in [6, 6.07) is 5.83. The zero-order valence-electron chi connectivity index (χ0n) is 15.1. The van der Waals surface area contributed by atoms with E-state index in [2.05, 4.69) is 15.5 Å². The van der Waals surface area contributed by atoms with Gasteiger partial charge in [-0.25, -0.2) is 4.79 Å². The molecule has 0 atom stereocenters. The normalized spacial score (nSPS) is 16.6. The van der Waals surface area contributed by atoms with E-state index < -0.39 is 0 Å². The predicted molar refractivity (Wildman–Crippen MR) is 94.3 cm³/mol. The number of benzene rings is 1. The van der Waals surface area contributed by atoms with Gasteiger partial charge in [-0.3, -0.25) is 0 Å². The highest BCUT2D eigenvalue weighted by atomic mass is 16.7. The van der Waals surface area contributed by atoms with Gasteiger partial charge in [0.05, 0.1) is 13.2 Å². The lowest BCUT2D eigenvalue weighted by Gasteiger charge is -2.31. The van der Waals surface area contributed by atoms with Crippen LogP contribution in [0, 0.1) is 0 Å². The smallest absolute Gasteiger partial charge is 0.409 e. The summed E-state index contributed by atoms with van der Waals surface area (Å²) in [6.07, 6.45) is 1.50. The van der Waals surface area contributed by atoms with Crippen LogP contribution >= 0.6 is 0 Å². The zero-order valence-corrected chi connectivity index (χ0v) is 15.1. The first-order chi connectivity index (χ1) is 13.2. The van der Waals surface area contributed by atoms with E-state index in [1.807, 2.05) is 25.1 Å². The monoisotopic (exact) mass is 374 g/mol. The highest BCUT2D eigenvalue weighted by molar-refractivity contribution is 5.67. The Hall–Kier alpha value is -2.81. The molecule has 144 valence electrons. The van der Waals surface area contributed by atoms with E-state index in [0.29, 0.717) is 55.5 Å². The van der Waals surface area contributed by atoms with Gasteiger partial charge in [-0.05, 0) is 38.0 Å². The van der Waals surface area contributed by atoms with Crippen LogP contribution in [0.5, 0.6) is 11.5 Å². The lowest BCUT2D eigenvalue weighted by Crippen LogP contribution is -2.45. The van der Waals surface area contributed by atoms with Gasteiger partial charge in [-0.15, -0.1) is 0 Å². The Morgan fingerprint density at radius 2 is 2.11 bits per heavy atom. The van der Waals surface area contributed by atoms with Crippen molar-refractivity contribution >= 4 is 6.09 Å². The summed E-state index contributed by atoms with van der Waals surface area (Å²) < 4.78 is 21.1. The number of hydrogen-bond donors (Lipinski definition) is 1. The molecule has 2 aromatic rings. The Labute approximate surface area is 156 Å². The third-order valence-electron chi connectivity index (χ3n) is 4.66. The van der Waals surface area contributed by atoms with Crippen LogP contribution < -0.4 is 14.8 Å². The third kappa shape index (κ3) is 3.97. The van der Waals surface area contributed by atoms with Crippen molar-refractivity contribution in [2.24, 2.45) is 0 Å². The molecule has 9 heteroatoms. The van der Waals surface area contributed by atoms with Crippen molar-refractivity contribution in [3.63, 3.8) is 0 Å². The van der Waals surface area contributed by atoms with Gasteiger partial charge in [-0.2, -0.15) is 4.98 Å². The Morgan fingerprint density at radius 1 is 1.30 bits per heavy atom. The highest BCUT2D eigenvalue weighted by Gasteiger charge is 2.23. The van der Waals surface area contributed by atoms with Crippen molar-refractivity contribution in [3.05, 3.63) is 24.0 Å². The number of piperidine rings is 1. The van der Waals surface area contributed by atoms with Gasteiger partial charge in [0.1, 0.15) is 0 Å². The van der Waals surface area contributed by atoms with E-state index >= 15 is 0 Å². The van der Waals surface area contributed by atoms with E-state index in [0.717, 1.165) is 18.4 Å². The molecule has 1 saturated heterocycles. The average Bonchev–Trinajstić information content (AvgIpc) is 3.35. The molecule has 2 aliphatic heterocycles. The summed E-state index contributed by atoms with van der Waals surface area (Å²) in [5, 5.41) is 7.46. The molecule has 4 rings (SSSR count). The second-order valence-corrected chi connectivity index (χ2v) is 6.42. The predicted octanol–water partition coefficient (Wildman–Crippen LogP) is 2.18. The number of carbonyl (C=O) groups is 1. The molecule has 9 nitrogen and oxygen atoms in total. The Bertz CT molecular complexity index is 801. The molecule has 0 unspecified atom stereocenters. The largest absolute Gasteiger partial charge is 0.454 e. The van der Waals surface area contributed by atoms with E-state index in [1.54, 1.807) is 4.90 Å². The van der Waals surface area contributed by atoms with Gasteiger partial charge >= 0.3 is 6.09 Å². The lowest BCUT2D eigenvalue weighted by molar-refractivity contribution is 0.0949. The SMILES string of the molecule is CCOC(=O)N1CCC(NCc2noc(-c3ccc4c(c3)OCO4)n2)CC1. The molecule has 0 bridgehead atoms. The van der Waals surface area contributed by atoms with Crippen molar-refractivity contribution < 1.29 is 23.5 Å².